The lowest BCUT2D eigenvalue weighted by Crippen LogP contribution is -2.22. The molecule has 0 unspecified atom stereocenters. The van der Waals surface area contributed by atoms with Crippen LogP contribution >= 0.6 is 11.3 Å². The fourth-order valence-electron chi connectivity index (χ4n) is 1.23. The molecule has 2 N–H and O–H groups in total. The highest BCUT2D eigenvalue weighted by atomic mass is 32.1. The van der Waals surface area contributed by atoms with Crippen LogP contribution in [0.4, 0.5) is 0 Å². The van der Waals surface area contributed by atoms with Gasteiger partial charge >= 0.3 is 5.97 Å². The summed E-state index contributed by atoms with van der Waals surface area (Å²) in [5, 5.41) is 11.1. The smallest absolute Gasteiger partial charge is 0.303 e. The fraction of sp³-hybridized carbons (Fsp3) is 0.455. The Labute approximate surface area is 98.3 Å². The third-order valence-corrected chi connectivity index (χ3v) is 3.40. The minimum Gasteiger partial charge on any atom is -0.481 e. The molecule has 0 radical (unpaired) electrons. The molecule has 88 valence electrons. The molecule has 1 aromatic rings. The second kappa shape index (κ2) is 5.65. The normalized spacial score (nSPS) is 10.1. The van der Waals surface area contributed by atoms with Gasteiger partial charge in [-0.05, 0) is 25.5 Å². The van der Waals surface area contributed by atoms with Crippen LogP contribution in [-0.4, -0.2) is 17.0 Å². The number of aryl methyl sites for hydroxylation is 2. The van der Waals surface area contributed by atoms with E-state index in [0.717, 1.165) is 4.88 Å². The molecule has 1 amide bonds. The topological polar surface area (TPSA) is 66.4 Å². The molecule has 1 rings (SSSR count). The molecule has 1 heterocycles. The van der Waals surface area contributed by atoms with Gasteiger partial charge in [0.05, 0.1) is 13.0 Å². The van der Waals surface area contributed by atoms with Crippen LogP contribution in [0.5, 0.6) is 0 Å². The highest BCUT2D eigenvalue weighted by molar-refractivity contribution is 7.12. The minimum atomic E-state index is -0.946. The highest BCUT2D eigenvalue weighted by Crippen LogP contribution is 2.20. The Morgan fingerprint density at radius 2 is 2.06 bits per heavy atom. The first-order valence-corrected chi connectivity index (χ1v) is 5.85. The number of rotatable bonds is 5. The Kier molecular flexibility index (Phi) is 4.49. The molecule has 1 aromatic heterocycles. The molecule has 0 saturated carbocycles. The number of carboxylic acids is 1. The third-order valence-electron chi connectivity index (χ3n) is 2.24. The van der Waals surface area contributed by atoms with E-state index in [1.165, 1.54) is 10.4 Å². The maximum atomic E-state index is 11.2. The molecule has 0 bridgehead atoms. The lowest BCUT2D eigenvalue weighted by Gasteiger charge is -2.01. The number of aliphatic carboxylic acids is 1. The van der Waals surface area contributed by atoms with E-state index in [9.17, 15) is 9.59 Å². The molecule has 0 aromatic carbocycles. The maximum absolute atomic E-state index is 11.2. The molecule has 4 nitrogen and oxygen atoms in total. The number of carbonyl (C=O) groups is 2. The molecular weight excluding hydrogens is 226 g/mol. The summed E-state index contributed by atoms with van der Waals surface area (Å²) in [5.74, 6) is -1.16. The van der Waals surface area contributed by atoms with Crippen LogP contribution in [0.3, 0.4) is 0 Å². The molecule has 0 spiro atoms. The van der Waals surface area contributed by atoms with Gasteiger partial charge in [-0.25, -0.2) is 0 Å². The lowest BCUT2D eigenvalue weighted by atomic mass is 10.2. The summed E-state index contributed by atoms with van der Waals surface area (Å²) in [7, 11) is 0. The predicted octanol–water partition coefficient (Wildman–Crippen LogP) is 1.85. The largest absolute Gasteiger partial charge is 0.481 e. The van der Waals surface area contributed by atoms with Crippen molar-refractivity contribution in [3.8, 4) is 0 Å². The summed E-state index contributed by atoms with van der Waals surface area (Å²) in [5.41, 5.74) is 1.22. The summed E-state index contributed by atoms with van der Waals surface area (Å²) < 4.78 is 0. The van der Waals surface area contributed by atoms with E-state index in [-0.39, 0.29) is 18.7 Å². The van der Waals surface area contributed by atoms with Crippen molar-refractivity contribution in [3.05, 3.63) is 21.4 Å². The van der Waals surface area contributed by atoms with Crippen molar-refractivity contribution in [3.63, 3.8) is 0 Å². The first-order valence-electron chi connectivity index (χ1n) is 5.03. The molecule has 0 aliphatic rings. The average molecular weight is 241 g/mol. The van der Waals surface area contributed by atoms with Gasteiger partial charge in [0, 0.05) is 16.2 Å². The van der Waals surface area contributed by atoms with Crippen LogP contribution in [0.25, 0.3) is 0 Å². The number of amides is 1. The van der Waals surface area contributed by atoms with Crippen LogP contribution < -0.4 is 5.32 Å². The number of hydrogen-bond acceptors (Lipinski definition) is 3. The number of thiophene rings is 1. The SMILES string of the molecule is Cc1cc(CNC(=O)CCC(=O)O)sc1C. The summed E-state index contributed by atoms with van der Waals surface area (Å²) in [6.07, 6.45) is -0.0764. The number of hydrogen-bond donors (Lipinski definition) is 2. The zero-order valence-corrected chi connectivity index (χ0v) is 10.2. The fourth-order valence-corrected chi connectivity index (χ4v) is 2.22. The van der Waals surface area contributed by atoms with Crippen molar-refractivity contribution in [2.75, 3.05) is 0 Å². The molecule has 0 aliphatic heterocycles. The third kappa shape index (κ3) is 4.02. The van der Waals surface area contributed by atoms with Gasteiger partial charge in [-0.2, -0.15) is 0 Å². The van der Waals surface area contributed by atoms with Crippen molar-refractivity contribution in [1.82, 2.24) is 5.32 Å². The molecule has 0 aliphatic carbocycles. The summed E-state index contributed by atoms with van der Waals surface area (Å²) in [4.78, 5) is 23.8. The molecule has 16 heavy (non-hydrogen) atoms. The second-order valence-corrected chi connectivity index (χ2v) is 4.96. The van der Waals surface area contributed by atoms with Gasteiger partial charge in [-0.15, -0.1) is 11.3 Å². The minimum absolute atomic E-state index is 0.0404. The van der Waals surface area contributed by atoms with E-state index in [1.54, 1.807) is 11.3 Å². The van der Waals surface area contributed by atoms with E-state index < -0.39 is 5.97 Å². The summed E-state index contributed by atoms with van der Waals surface area (Å²) in [6, 6.07) is 2.04. The van der Waals surface area contributed by atoms with Crippen molar-refractivity contribution < 1.29 is 14.7 Å². The zero-order chi connectivity index (χ0) is 12.1. The Morgan fingerprint density at radius 1 is 1.38 bits per heavy atom. The first kappa shape index (κ1) is 12.7. The monoisotopic (exact) mass is 241 g/mol. The number of carbonyl (C=O) groups excluding carboxylic acids is 1. The summed E-state index contributed by atoms with van der Waals surface area (Å²) >= 11 is 1.65. The van der Waals surface area contributed by atoms with Crippen LogP contribution in [0, 0.1) is 13.8 Å². The average Bonchev–Trinajstić information content (AvgIpc) is 2.52. The van der Waals surface area contributed by atoms with E-state index >= 15 is 0 Å². The van der Waals surface area contributed by atoms with E-state index in [4.69, 9.17) is 5.11 Å². The Hall–Kier alpha value is -1.36. The highest BCUT2D eigenvalue weighted by Gasteiger charge is 2.06. The quantitative estimate of drug-likeness (QED) is 0.826. The predicted molar refractivity (Wildman–Crippen MR) is 62.5 cm³/mol. The lowest BCUT2D eigenvalue weighted by molar-refractivity contribution is -0.138. The molecule has 0 atom stereocenters. The standard InChI is InChI=1S/C11H15NO3S/c1-7-5-9(16-8(7)2)6-12-10(13)3-4-11(14)15/h5H,3-4,6H2,1-2H3,(H,12,13)(H,14,15). The first-order chi connectivity index (χ1) is 7.49. The van der Waals surface area contributed by atoms with Crippen LogP contribution in [0.2, 0.25) is 0 Å². The van der Waals surface area contributed by atoms with Crippen LogP contribution in [-0.2, 0) is 16.1 Å². The van der Waals surface area contributed by atoms with E-state index in [2.05, 4.69) is 5.32 Å². The number of carboxylic acid groups (broad SMARTS) is 1. The number of nitrogens with one attached hydrogen (secondary N) is 1. The second-order valence-electron chi connectivity index (χ2n) is 3.62. The van der Waals surface area contributed by atoms with Gasteiger partial charge in [-0.1, -0.05) is 0 Å². The van der Waals surface area contributed by atoms with Crippen LogP contribution in [0.15, 0.2) is 6.07 Å². The van der Waals surface area contributed by atoms with Crippen molar-refractivity contribution in [1.29, 1.82) is 0 Å². The van der Waals surface area contributed by atoms with Gasteiger partial charge in [0.2, 0.25) is 5.91 Å². The van der Waals surface area contributed by atoms with Gasteiger partial charge in [0.1, 0.15) is 0 Å². The maximum Gasteiger partial charge on any atom is 0.303 e. The van der Waals surface area contributed by atoms with Gasteiger partial charge < -0.3 is 10.4 Å². The van der Waals surface area contributed by atoms with E-state index in [0.29, 0.717) is 6.54 Å². The van der Waals surface area contributed by atoms with Gasteiger partial charge in [-0.3, -0.25) is 9.59 Å². The Morgan fingerprint density at radius 3 is 2.56 bits per heavy atom. The molecule has 5 heteroatoms. The molecular formula is C11H15NO3S. The summed E-state index contributed by atoms with van der Waals surface area (Å²) in [6.45, 7) is 4.55. The van der Waals surface area contributed by atoms with Crippen molar-refractivity contribution >= 4 is 23.2 Å². The van der Waals surface area contributed by atoms with Crippen LogP contribution in [0.1, 0.15) is 28.2 Å². The molecule has 0 saturated heterocycles. The van der Waals surface area contributed by atoms with Gasteiger partial charge in [0.15, 0.2) is 0 Å². The molecule has 0 fully saturated rings. The van der Waals surface area contributed by atoms with Crippen molar-refractivity contribution in [2.45, 2.75) is 33.2 Å². The van der Waals surface area contributed by atoms with E-state index in [1.807, 2.05) is 19.9 Å². The Bertz CT molecular complexity index is 378. The van der Waals surface area contributed by atoms with Gasteiger partial charge in [0.25, 0.3) is 0 Å². The zero-order valence-electron chi connectivity index (χ0n) is 9.37. The van der Waals surface area contributed by atoms with Crippen molar-refractivity contribution in [2.24, 2.45) is 0 Å². The Balaban J connectivity index is 2.34.